The van der Waals surface area contributed by atoms with E-state index in [0.29, 0.717) is 31.0 Å². The second-order valence-electron chi connectivity index (χ2n) is 5.50. The lowest BCUT2D eigenvalue weighted by Gasteiger charge is -2.32. The zero-order valence-electron chi connectivity index (χ0n) is 11.8. The van der Waals surface area contributed by atoms with E-state index >= 15 is 0 Å². The lowest BCUT2D eigenvalue weighted by atomic mass is 10.0. The first-order valence-electron chi connectivity index (χ1n) is 7.21. The van der Waals surface area contributed by atoms with Crippen LogP contribution in [0.2, 0.25) is 5.28 Å². The molecule has 0 amide bonds. The molecule has 7 heteroatoms. The van der Waals surface area contributed by atoms with Gasteiger partial charge < -0.3 is 14.5 Å². The highest BCUT2D eigenvalue weighted by Gasteiger charge is 2.22. The Balaban J connectivity index is 1.82. The Kier molecular flexibility index (Phi) is 4.21. The normalized spacial score (nSPS) is 24.0. The van der Waals surface area contributed by atoms with Crippen LogP contribution in [-0.2, 0) is 4.74 Å². The van der Waals surface area contributed by atoms with Crippen LogP contribution in [0.4, 0.5) is 11.9 Å². The lowest BCUT2D eigenvalue weighted by molar-refractivity contribution is 0.122. The zero-order chi connectivity index (χ0) is 13.9. The fourth-order valence-corrected chi connectivity index (χ4v) is 2.90. The third-order valence-electron chi connectivity index (χ3n) is 3.82. The third kappa shape index (κ3) is 3.12. The van der Waals surface area contributed by atoms with E-state index in [4.69, 9.17) is 16.3 Å². The minimum absolute atomic E-state index is 0.273. The molecular weight excluding hydrogens is 278 g/mol. The van der Waals surface area contributed by atoms with Gasteiger partial charge in [-0.2, -0.15) is 15.0 Å². The summed E-state index contributed by atoms with van der Waals surface area (Å²) in [7, 11) is 0. The van der Waals surface area contributed by atoms with Gasteiger partial charge in [0, 0.05) is 26.2 Å². The largest absolute Gasteiger partial charge is 0.378 e. The SMILES string of the molecule is CC1CCCN(c2nc(Cl)nc(N3CCOCC3)n2)C1. The van der Waals surface area contributed by atoms with Crippen molar-refractivity contribution >= 4 is 23.5 Å². The summed E-state index contributed by atoms with van der Waals surface area (Å²) >= 11 is 6.08. The molecule has 0 radical (unpaired) electrons. The van der Waals surface area contributed by atoms with Crippen LogP contribution in [-0.4, -0.2) is 54.3 Å². The van der Waals surface area contributed by atoms with Gasteiger partial charge in [0.25, 0.3) is 0 Å². The molecule has 2 aliphatic rings. The van der Waals surface area contributed by atoms with Crippen molar-refractivity contribution in [2.24, 2.45) is 5.92 Å². The third-order valence-corrected chi connectivity index (χ3v) is 3.99. The van der Waals surface area contributed by atoms with Gasteiger partial charge >= 0.3 is 0 Å². The maximum absolute atomic E-state index is 6.08. The molecule has 2 saturated heterocycles. The van der Waals surface area contributed by atoms with E-state index < -0.39 is 0 Å². The Labute approximate surface area is 124 Å². The van der Waals surface area contributed by atoms with Crippen molar-refractivity contribution in [3.05, 3.63) is 5.28 Å². The Morgan fingerprint density at radius 1 is 1.05 bits per heavy atom. The minimum Gasteiger partial charge on any atom is -0.378 e. The Morgan fingerprint density at radius 2 is 1.75 bits per heavy atom. The Bertz CT molecular complexity index is 466. The van der Waals surface area contributed by atoms with Gasteiger partial charge in [-0.05, 0) is 30.4 Å². The number of hydrogen-bond donors (Lipinski definition) is 0. The summed E-state index contributed by atoms with van der Waals surface area (Å²) in [4.78, 5) is 17.5. The monoisotopic (exact) mass is 297 g/mol. The number of morpholine rings is 1. The number of aromatic nitrogens is 3. The topological polar surface area (TPSA) is 54.4 Å². The second-order valence-corrected chi connectivity index (χ2v) is 5.84. The molecule has 1 unspecified atom stereocenters. The van der Waals surface area contributed by atoms with Crippen molar-refractivity contribution in [2.45, 2.75) is 19.8 Å². The second kappa shape index (κ2) is 6.10. The van der Waals surface area contributed by atoms with Crippen LogP contribution in [0.1, 0.15) is 19.8 Å². The summed E-state index contributed by atoms with van der Waals surface area (Å²) in [5, 5.41) is 0.273. The van der Waals surface area contributed by atoms with Crippen molar-refractivity contribution in [1.29, 1.82) is 0 Å². The molecule has 2 fully saturated rings. The number of piperidine rings is 1. The molecule has 0 spiro atoms. The van der Waals surface area contributed by atoms with Crippen molar-refractivity contribution in [2.75, 3.05) is 49.2 Å². The van der Waals surface area contributed by atoms with Crippen LogP contribution >= 0.6 is 11.6 Å². The Hall–Kier alpha value is -1.14. The van der Waals surface area contributed by atoms with E-state index in [1.807, 2.05) is 0 Å². The van der Waals surface area contributed by atoms with E-state index in [-0.39, 0.29) is 5.28 Å². The van der Waals surface area contributed by atoms with Crippen LogP contribution < -0.4 is 9.80 Å². The van der Waals surface area contributed by atoms with Crippen molar-refractivity contribution in [3.63, 3.8) is 0 Å². The molecule has 0 aromatic carbocycles. The quantitative estimate of drug-likeness (QED) is 0.826. The standard InChI is InChI=1S/C13H20ClN5O/c1-10-3-2-4-19(9-10)13-16-11(14)15-12(17-13)18-5-7-20-8-6-18/h10H,2-9H2,1H3. The first-order chi connectivity index (χ1) is 9.72. The number of rotatable bonds is 2. The summed E-state index contributed by atoms with van der Waals surface area (Å²) in [6.45, 7) is 7.26. The zero-order valence-corrected chi connectivity index (χ0v) is 12.5. The van der Waals surface area contributed by atoms with Crippen LogP contribution in [0.15, 0.2) is 0 Å². The van der Waals surface area contributed by atoms with E-state index in [0.717, 1.165) is 26.2 Å². The molecular formula is C13H20ClN5O. The molecule has 0 bridgehead atoms. The summed E-state index contributed by atoms with van der Waals surface area (Å²) in [5.74, 6) is 2.05. The molecule has 1 atom stereocenters. The average molecular weight is 298 g/mol. The minimum atomic E-state index is 0.273. The molecule has 0 aliphatic carbocycles. The fourth-order valence-electron chi connectivity index (χ4n) is 2.75. The molecule has 3 heterocycles. The summed E-state index contributed by atoms with van der Waals surface area (Å²) in [6.07, 6.45) is 2.45. The lowest BCUT2D eigenvalue weighted by Crippen LogP contribution is -2.39. The highest BCUT2D eigenvalue weighted by atomic mass is 35.5. The smallest absolute Gasteiger partial charge is 0.231 e. The molecule has 1 aromatic heterocycles. The number of ether oxygens (including phenoxy) is 1. The van der Waals surface area contributed by atoms with Gasteiger partial charge in [0.1, 0.15) is 0 Å². The van der Waals surface area contributed by atoms with Gasteiger partial charge in [-0.1, -0.05) is 6.92 Å². The molecule has 1 aromatic rings. The van der Waals surface area contributed by atoms with Crippen LogP contribution in [0, 0.1) is 5.92 Å². The van der Waals surface area contributed by atoms with Gasteiger partial charge in [-0.25, -0.2) is 0 Å². The number of halogens is 1. The predicted molar refractivity (Wildman–Crippen MR) is 78.5 cm³/mol. The Morgan fingerprint density at radius 3 is 2.45 bits per heavy atom. The van der Waals surface area contributed by atoms with Gasteiger partial charge in [0.2, 0.25) is 17.2 Å². The van der Waals surface area contributed by atoms with Gasteiger partial charge in [-0.15, -0.1) is 0 Å². The average Bonchev–Trinajstić information content (AvgIpc) is 2.47. The number of hydrogen-bond acceptors (Lipinski definition) is 6. The molecule has 2 aliphatic heterocycles. The van der Waals surface area contributed by atoms with E-state index in [9.17, 15) is 0 Å². The predicted octanol–water partition coefficient (Wildman–Crippen LogP) is 1.60. The van der Waals surface area contributed by atoms with Crippen LogP contribution in [0.25, 0.3) is 0 Å². The van der Waals surface area contributed by atoms with Crippen molar-refractivity contribution in [1.82, 2.24) is 15.0 Å². The first kappa shape index (κ1) is 13.8. The van der Waals surface area contributed by atoms with E-state index in [1.54, 1.807) is 0 Å². The highest BCUT2D eigenvalue weighted by molar-refractivity contribution is 6.28. The molecule has 0 N–H and O–H groups in total. The summed E-state index contributed by atoms with van der Waals surface area (Å²) < 4.78 is 5.36. The van der Waals surface area contributed by atoms with Crippen molar-refractivity contribution in [3.8, 4) is 0 Å². The molecule has 3 rings (SSSR count). The molecule has 0 saturated carbocycles. The van der Waals surface area contributed by atoms with Crippen LogP contribution in [0.3, 0.4) is 0 Å². The van der Waals surface area contributed by atoms with E-state index in [1.165, 1.54) is 12.8 Å². The van der Waals surface area contributed by atoms with Gasteiger partial charge in [-0.3, -0.25) is 0 Å². The number of nitrogens with zero attached hydrogens (tertiary/aromatic N) is 5. The molecule has 20 heavy (non-hydrogen) atoms. The van der Waals surface area contributed by atoms with E-state index in [2.05, 4.69) is 31.7 Å². The maximum atomic E-state index is 6.08. The summed E-state index contributed by atoms with van der Waals surface area (Å²) in [5.41, 5.74) is 0. The fraction of sp³-hybridized carbons (Fsp3) is 0.769. The van der Waals surface area contributed by atoms with Crippen LogP contribution in [0.5, 0.6) is 0 Å². The molecule has 110 valence electrons. The molecule has 6 nitrogen and oxygen atoms in total. The van der Waals surface area contributed by atoms with Gasteiger partial charge in [0.15, 0.2) is 0 Å². The van der Waals surface area contributed by atoms with Crippen molar-refractivity contribution < 1.29 is 4.74 Å². The first-order valence-corrected chi connectivity index (χ1v) is 7.59. The summed E-state index contributed by atoms with van der Waals surface area (Å²) in [6, 6.07) is 0. The highest BCUT2D eigenvalue weighted by Crippen LogP contribution is 2.22. The van der Waals surface area contributed by atoms with Gasteiger partial charge in [0.05, 0.1) is 13.2 Å². The maximum Gasteiger partial charge on any atom is 0.231 e. The number of anilines is 2.